The summed E-state index contributed by atoms with van der Waals surface area (Å²) < 4.78 is 16.6. The number of carbonyl (C=O) groups is 1. The number of nitrogens with zero attached hydrogens (tertiary/aromatic N) is 6. The van der Waals surface area contributed by atoms with E-state index in [1.54, 1.807) is 36.1 Å². The summed E-state index contributed by atoms with van der Waals surface area (Å²) in [5.41, 5.74) is 3.04. The Labute approximate surface area is 159 Å². The van der Waals surface area contributed by atoms with Crippen molar-refractivity contribution in [1.82, 2.24) is 29.8 Å². The van der Waals surface area contributed by atoms with Crippen LogP contribution >= 0.6 is 0 Å². The Hall–Kier alpha value is -3.88. The number of rotatable bonds is 5. The molecule has 28 heavy (non-hydrogen) atoms. The van der Waals surface area contributed by atoms with Gasteiger partial charge in [0.15, 0.2) is 5.69 Å². The number of hydrogen-bond acceptors (Lipinski definition) is 5. The Kier molecular flexibility index (Phi) is 4.63. The van der Waals surface area contributed by atoms with Crippen LogP contribution in [-0.2, 0) is 6.54 Å². The van der Waals surface area contributed by atoms with Gasteiger partial charge in [0.1, 0.15) is 18.5 Å². The summed E-state index contributed by atoms with van der Waals surface area (Å²) in [7, 11) is 0. The van der Waals surface area contributed by atoms with Crippen molar-refractivity contribution in [3.05, 3.63) is 84.0 Å². The van der Waals surface area contributed by atoms with Crippen molar-refractivity contribution in [3.8, 4) is 5.69 Å². The van der Waals surface area contributed by atoms with E-state index in [0.29, 0.717) is 17.9 Å². The van der Waals surface area contributed by atoms with Crippen LogP contribution in [0.4, 0.5) is 10.1 Å². The molecule has 1 N–H and O–H groups in total. The van der Waals surface area contributed by atoms with E-state index in [9.17, 15) is 9.18 Å². The average molecular weight is 377 g/mol. The second-order valence-electron chi connectivity index (χ2n) is 6.28. The van der Waals surface area contributed by atoms with Gasteiger partial charge in [-0.25, -0.2) is 18.7 Å². The van der Waals surface area contributed by atoms with Crippen LogP contribution in [-0.4, -0.2) is 35.7 Å². The molecule has 2 heterocycles. The predicted molar refractivity (Wildman–Crippen MR) is 99.6 cm³/mol. The number of nitrogens with one attached hydrogen (secondary N) is 1. The molecule has 2 aromatic carbocycles. The minimum Gasteiger partial charge on any atom is -0.321 e. The number of anilines is 1. The van der Waals surface area contributed by atoms with Gasteiger partial charge < -0.3 is 5.32 Å². The molecule has 0 atom stereocenters. The normalized spacial score (nSPS) is 10.8. The quantitative estimate of drug-likeness (QED) is 0.577. The zero-order valence-electron chi connectivity index (χ0n) is 15.0. The molecule has 0 aliphatic rings. The van der Waals surface area contributed by atoms with Crippen LogP contribution in [0, 0.1) is 12.7 Å². The molecule has 0 aliphatic carbocycles. The highest BCUT2D eigenvalue weighted by Gasteiger charge is 2.12. The summed E-state index contributed by atoms with van der Waals surface area (Å²) in [6.07, 6.45) is 4.58. The van der Waals surface area contributed by atoms with E-state index in [0.717, 1.165) is 11.1 Å². The molecule has 0 aliphatic heterocycles. The highest BCUT2D eigenvalue weighted by atomic mass is 19.1. The fourth-order valence-corrected chi connectivity index (χ4v) is 2.73. The summed E-state index contributed by atoms with van der Waals surface area (Å²) in [5.74, 6) is -0.772. The number of benzene rings is 2. The number of hydrogen-bond donors (Lipinski definition) is 1. The van der Waals surface area contributed by atoms with Gasteiger partial charge in [0, 0.05) is 5.69 Å². The van der Waals surface area contributed by atoms with Gasteiger partial charge in [0.05, 0.1) is 18.4 Å². The van der Waals surface area contributed by atoms with E-state index in [2.05, 4.69) is 25.7 Å². The molecule has 8 nitrogen and oxygen atoms in total. The van der Waals surface area contributed by atoms with Gasteiger partial charge in [-0.15, -0.1) is 5.10 Å². The van der Waals surface area contributed by atoms with Crippen LogP contribution in [0.1, 0.15) is 21.6 Å². The minimum absolute atomic E-state index is 0.133. The van der Waals surface area contributed by atoms with Gasteiger partial charge in [-0.05, 0) is 48.4 Å². The molecule has 0 spiro atoms. The monoisotopic (exact) mass is 377 g/mol. The van der Waals surface area contributed by atoms with Gasteiger partial charge in [0.2, 0.25) is 0 Å². The van der Waals surface area contributed by atoms with Crippen molar-refractivity contribution in [1.29, 1.82) is 0 Å². The molecule has 0 unspecified atom stereocenters. The molecule has 9 heteroatoms. The second kappa shape index (κ2) is 7.39. The Morgan fingerprint density at radius 3 is 2.71 bits per heavy atom. The van der Waals surface area contributed by atoms with E-state index in [4.69, 9.17) is 0 Å². The Morgan fingerprint density at radius 1 is 1.18 bits per heavy atom. The fourth-order valence-electron chi connectivity index (χ4n) is 2.73. The second-order valence-corrected chi connectivity index (χ2v) is 6.28. The molecule has 4 rings (SSSR count). The third-order valence-electron chi connectivity index (χ3n) is 4.04. The maximum absolute atomic E-state index is 13.6. The van der Waals surface area contributed by atoms with Crippen molar-refractivity contribution in [2.75, 3.05) is 5.32 Å². The summed E-state index contributed by atoms with van der Waals surface area (Å²) in [6, 6.07) is 11.9. The Bertz CT molecular complexity index is 1080. The third-order valence-corrected chi connectivity index (χ3v) is 4.04. The highest BCUT2D eigenvalue weighted by molar-refractivity contribution is 6.02. The standard InChI is InChI=1S/C19H16FN7O/c1-13-6-15(20)8-17(7-13)27-10-18(24-25-27)19(28)23-16-4-2-14(3-5-16)9-26-12-21-11-22-26/h2-8,10-12H,9H2,1H3,(H,23,28). The van der Waals surface area contributed by atoms with Gasteiger partial charge in [-0.2, -0.15) is 5.10 Å². The zero-order chi connectivity index (χ0) is 19.5. The lowest BCUT2D eigenvalue weighted by Crippen LogP contribution is -2.12. The Morgan fingerprint density at radius 2 is 2.00 bits per heavy atom. The SMILES string of the molecule is Cc1cc(F)cc(-n2cc(C(=O)Nc3ccc(Cn4cncn4)cc3)nn2)c1. The van der Waals surface area contributed by atoms with Crippen molar-refractivity contribution in [3.63, 3.8) is 0 Å². The minimum atomic E-state index is -0.400. The van der Waals surface area contributed by atoms with Crippen LogP contribution in [0.3, 0.4) is 0 Å². The molecule has 1 amide bonds. The van der Waals surface area contributed by atoms with E-state index < -0.39 is 5.91 Å². The summed E-state index contributed by atoms with van der Waals surface area (Å²) >= 11 is 0. The molecular weight excluding hydrogens is 361 g/mol. The number of amides is 1. The topological polar surface area (TPSA) is 90.5 Å². The van der Waals surface area contributed by atoms with E-state index in [-0.39, 0.29) is 11.5 Å². The van der Waals surface area contributed by atoms with Crippen LogP contribution in [0.25, 0.3) is 5.69 Å². The molecular formula is C19H16FN7O. The third kappa shape index (κ3) is 3.93. The van der Waals surface area contributed by atoms with Crippen LogP contribution < -0.4 is 5.32 Å². The molecule has 2 aromatic heterocycles. The summed E-state index contributed by atoms with van der Waals surface area (Å²) in [4.78, 5) is 16.3. The predicted octanol–water partition coefficient (Wildman–Crippen LogP) is 2.61. The van der Waals surface area contributed by atoms with Crippen LogP contribution in [0.2, 0.25) is 0 Å². The molecule has 0 bridgehead atoms. The zero-order valence-corrected chi connectivity index (χ0v) is 15.0. The molecule has 0 saturated carbocycles. The first-order valence-corrected chi connectivity index (χ1v) is 8.49. The number of carbonyl (C=O) groups excluding carboxylic acids is 1. The van der Waals surface area contributed by atoms with E-state index >= 15 is 0 Å². The van der Waals surface area contributed by atoms with Crippen molar-refractivity contribution in [2.24, 2.45) is 0 Å². The first-order chi connectivity index (χ1) is 13.6. The largest absolute Gasteiger partial charge is 0.321 e. The first-order valence-electron chi connectivity index (χ1n) is 8.49. The number of aryl methyl sites for hydroxylation is 1. The molecule has 0 saturated heterocycles. The first kappa shape index (κ1) is 17.5. The lowest BCUT2D eigenvalue weighted by molar-refractivity contribution is 0.102. The Balaban J connectivity index is 1.44. The number of halogens is 1. The van der Waals surface area contributed by atoms with Gasteiger partial charge >= 0.3 is 0 Å². The van der Waals surface area contributed by atoms with E-state index in [1.165, 1.54) is 29.3 Å². The van der Waals surface area contributed by atoms with Gasteiger partial charge in [-0.3, -0.25) is 4.79 Å². The van der Waals surface area contributed by atoms with Crippen LogP contribution in [0.15, 0.2) is 61.3 Å². The molecule has 140 valence electrons. The highest BCUT2D eigenvalue weighted by Crippen LogP contribution is 2.14. The maximum Gasteiger partial charge on any atom is 0.277 e. The smallest absolute Gasteiger partial charge is 0.277 e. The fraction of sp³-hybridized carbons (Fsp3) is 0.105. The maximum atomic E-state index is 13.6. The summed E-state index contributed by atoms with van der Waals surface area (Å²) in [5, 5.41) is 14.6. The van der Waals surface area contributed by atoms with E-state index in [1.807, 2.05) is 12.1 Å². The average Bonchev–Trinajstić information content (AvgIpc) is 3.34. The molecule has 0 fully saturated rings. The van der Waals surface area contributed by atoms with Crippen molar-refractivity contribution in [2.45, 2.75) is 13.5 Å². The van der Waals surface area contributed by atoms with Crippen molar-refractivity contribution >= 4 is 11.6 Å². The van der Waals surface area contributed by atoms with Crippen LogP contribution in [0.5, 0.6) is 0 Å². The molecule has 0 radical (unpaired) electrons. The van der Waals surface area contributed by atoms with Gasteiger partial charge in [0.25, 0.3) is 5.91 Å². The lowest BCUT2D eigenvalue weighted by Gasteiger charge is -2.05. The molecule has 4 aromatic rings. The number of aromatic nitrogens is 6. The summed E-state index contributed by atoms with van der Waals surface area (Å²) in [6.45, 7) is 2.37. The van der Waals surface area contributed by atoms with Gasteiger partial charge in [-0.1, -0.05) is 17.3 Å². The lowest BCUT2D eigenvalue weighted by atomic mass is 10.2. The van der Waals surface area contributed by atoms with Crippen molar-refractivity contribution < 1.29 is 9.18 Å².